The summed E-state index contributed by atoms with van der Waals surface area (Å²) in [7, 11) is 0. The van der Waals surface area contributed by atoms with Crippen molar-refractivity contribution in [2.75, 3.05) is 5.32 Å². The van der Waals surface area contributed by atoms with E-state index in [1.807, 2.05) is 0 Å². The molecule has 2 N–H and O–H groups in total. The normalized spacial score (nSPS) is 25.8. The van der Waals surface area contributed by atoms with Gasteiger partial charge in [-0.3, -0.25) is 5.32 Å². The number of aromatic nitrogens is 2. The maximum Gasteiger partial charge on any atom is 0.391 e. The van der Waals surface area contributed by atoms with Crippen LogP contribution in [0.15, 0.2) is 0 Å². The average Bonchev–Trinajstić information content (AvgIpc) is 3.19. The summed E-state index contributed by atoms with van der Waals surface area (Å²) in [5.41, 5.74) is 0. The molecule has 22 heavy (non-hydrogen) atoms. The molecule has 1 aromatic rings. The lowest BCUT2D eigenvalue weighted by molar-refractivity contribution is -0.183. The Morgan fingerprint density at radius 1 is 1.18 bits per heavy atom. The van der Waals surface area contributed by atoms with Crippen LogP contribution in [0.5, 0.6) is 0 Å². The average molecular weight is 334 g/mol. The SMILES string of the molecule is O=C(Nc1nnc(C2CC2)s1)NC1CCCC(C(F)(F)F)C1. The summed E-state index contributed by atoms with van der Waals surface area (Å²) in [6.45, 7) is 0. The van der Waals surface area contributed by atoms with E-state index in [-0.39, 0.29) is 12.8 Å². The van der Waals surface area contributed by atoms with Gasteiger partial charge in [-0.15, -0.1) is 10.2 Å². The lowest BCUT2D eigenvalue weighted by Crippen LogP contribution is -2.43. The minimum absolute atomic E-state index is 0.0552. The number of nitrogens with one attached hydrogen (secondary N) is 2. The highest BCUT2D eigenvalue weighted by atomic mass is 32.1. The molecule has 1 aromatic heterocycles. The highest BCUT2D eigenvalue weighted by Crippen LogP contribution is 2.42. The first-order chi connectivity index (χ1) is 10.4. The molecule has 2 aliphatic rings. The lowest BCUT2D eigenvalue weighted by Gasteiger charge is -2.30. The van der Waals surface area contributed by atoms with E-state index in [1.165, 1.54) is 11.3 Å². The highest BCUT2D eigenvalue weighted by Gasteiger charge is 2.42. The summed E-state index contributed by atoms with van der Waals surface area (Å²) in [5, 5.41) is 14.4. The zero-order chi connectivity index (χ0) is 15.7. The first-order valence-electron chi connectivity index (χ1n) is 7.39. The van der Waals surface area contributed by atoms with Gasteiger partial charge in [0.05, 0.1) is 5.92 Å². The Kier molecular flexibility index (Phi) is 4.24. The van der Waals surface area contributed by atoms with Crippen LogP contribution in [0, 0.1) is 5.92 Å². The van der Waals surface area contributed by atoms with Crippen molar-refractivity contribution in [3.8, 4) is 0 Å². The number of halogens is 3. The summed E-state index contributed by atoms with van der Waals surface area (Å²) in [5.74, 6) is -0.864. The standard InChI is InChI=1S/C13H17F3N4OS/c14-13(15,16)8-2-1-3-9(6-8)17-11(21)18-12-20-19-10(22-12)7-4-5-7/h7-9H,1-6H2,(H2,17,18,20,21). The van der Waals surface area contributed by atoms with Crippen LogP contribution < -0.4 is 10.6 Å². The Labute approximate surface area is 129 Å². The Bertz CT molecular complexity index is 544. The number of nitrogens with zero attached hydrogens (tertiary/aromatic N) is 2. The van der Waals surface area contributed by atoms with Gasteiger partial charge in [0.1, 0.15) is 5.01 Å². The second-order valence-corrected chi connectivity index (χ2v) is 6.93. The first-order valence-corrected chi connectivity index (χ1v) is 8.21. The second-order valence-electron chi connectivity index (χ2n) is 5.92. The molecule has 3 rings (SSSR count). The van der Waals surface area contributed by atoms with Gasteiger partial charge < -0.3 is 5.32 Å². The van der Waals surface area contributed by atoms with E-state index < -0.39 is 24.2 Å². The van der Waals surface area contributed by atoms with Crippen LogP contribution in [0.4, 0.5) is 23.1 Å². The number of hydrogen-bond donors (Lipinski definition) is 2. The number of carbonyl (C=O) groups is 1. The summed E-state index contributed by atoms with van der Waals surface area (Å²) < 4.78 is 38.2. The smallest absolute Gasteiger partial charge is 0.335 e. The molecule has 2 atom stereocenters. The van der Waals surface area contributed by atoms with E-state index in [1.54, 1.807) is 0 Å². The molecule has 9 heteroatoms. The van der Waals surface area contributed by atoms with Crippen molar-refractivity contribution in [2.24, 2.45) is 5.92 Å². The molecule has 0 saturated heterocycles. The number of carbonyl (C=O) groups excluding carboxylic acids is 1. The fourth-order valence-corrected chi connectivity index (χ4v) is 3.62. The fourth-order valence-electron chi connectivity index (χ4n) is 2.72. The van der Waals surface area contributed by atoms with Gasteiger partial charge in [0.2, 0.25) is 5.13 Å². The Balaban J connectivity index is 1.50. The van der Waals surface area contributed by atoms with Gasteiger partial charge in [-0.05, 0) is 32.1 Å². The topological polar surface area (TPSA) is 66.9 Å². The quantitative estimate of drug-likeness (QED) is 0.886. The van der Waals surface area contributed by atoms with Crippen molar-refractivity contribution in [1.29, 1.82) is 0 Å². The third kappa shape index (κ3) is 3.88. The molecule has 2 fully saturated rings. The fraction of sp³-hybridized carbons (Fsp3) is 0.769. The minimum atomic E-state index is -4.19. The molecule has 1 heterocycles. The third-order valence-corrected chi connectivity index (χ3v) is 5.06. The highest BCUT2D eigenvalue weighted by molar-refractivity contribution is 7.15. The number of rotatable bonds is 3. The zero-order valence-electron chi connectivity index (χ0n) is 11.8. The van der Waals surface area contributed by atoms with Crippen LogP contribution >= 0.6 is 11.3 Å². The molecule has 2 saturated carbocycles. The van der Waals surface area contributed by atoms with E-state index in [0.717, 1.165) is 17.8 Å². The number of hydrogen-bond acceptors (Lipinski definition) is 4. The molecule has 2 unspecified atom stereocenters. The Morgan fingerprint density at radius 2 is 1.95 bits per heavy atom. The molecule has 5 nitrogen and oxygen atoms in total. The van der Waals surface area contributed by atoms with Gasteiger partial charge in [0, 0.05) is 12.0 Å². The van der Waals surface area contributed by atoms with Crippen molar-refractivity contribution >= 4 is 22.5 Å². The van der Waals surface area contributed by atoms with Gasteiger partial charge in [0.15, 0.2) is 0 Å². The van der Waals surface area contributed by atoms with E-state index in [2.05, 4.69) is 20.8 Å². The monoisotopic (exact) mass is 334 g/mol. The summed E-state index contributed by atoms with van der Waals surface area (Å²) in [6, 6.07) is -0.956. The van der Waals surface area contributed by atoms with E-state index >= 15 is 0 Å². The molecule has 122 valence electrons. The molecule has 0 bridgehead atoms. The molecule has 2 aliphatic carbocycles. The van der Waals surface area contributed by atoms with Crippen LogP contribution in [0.2, 0.25) is 0 Å². The van der Waals surface area contributed by atoms with Crippen LogP contribution in [0.25, 0.3) is 0 Å². The third-order valence-electron chi connectivity index (χ3n) is 4.06. The van der Waals surface area contributed by atoms with Crippen molar-refractivity contribution in [3.05, 3.63) is 5.01 Å². The maximum atomic E-state index is 12.7. The number of anilines is 1. The van der Waals surface area contributed by atoms with Crippen molar-refractivity contribution in [2.45, 2.75) is 56.7 Å². The second kappa shape index (κ2) is 6.02. The van der Waals surface area contributed by atoms with Gasteiger partial charge in [0.25, 0.3) is 0 Å². The molecule has 0 aliphatic heterocycles. The molecule has 0 aromatic carbocycles. The molecule has 2 amide bonds. The van der Waals surface area contributed by atoms with Crippen molar-refractivity contribution < 1.29 is 18.0 Å². The molecular weight excluding hydrogens is 317 g/mol. The zero-order valence-corrected chi connectivity index (χ0v) is 12.6. The number of urea groups is 1. The lowest BCUT2D eigenvalue weighted by atomic mass is 9.85. The van der Waals surface area contributed by atoms with Gasteiger partial charge in [-0.2, -0.15) is 13.2 Å². The Morgan fingerprint density at radius 3 is 2.64 bits per heavy atom. The molecule has 0 radical (unpaired) electrons. The summed E-state index contributed by atoms with van der Waals surface area (Å²) >= 11 is 1.32. The first kappa shape index (κ1) is 15.5. The molecule has 0 spiro atoms. The largest absolute Gasteiger partial charge is 0.391 e. The van der Waals surface area contributed by atoms with Crippen LogP contribution in [-0.2, 0) is 0 Å². The number of amides is 2. The maximum absolute atomic E-state index is 12.7. The van der Waals surface area contributed by atoms with E-state index in [4.69, 9.17) is 0 Å². The van der Waals surface area contributed by atoms with E-state index in [9.17, 15) is 18.0 Å². The number of alkyl halides is 3. The summed E-state index contributed by atoms with van der Waals surface area (Å²) in [4.78, 5) is 11.9. The van der Waals surface area contributed by atoms with Crippen LogP contribution in [0.3, 0.4) is 0 Å². The minimum Gasteiger partial charge on any atom is -0.335 e. The van der Waals surface area contributed by atoms with E-state index in [0.29, 0.717) is 23.9 Å². The van der Waals surface area contributed by atoms with Crippen molar-refractivity contribution in [1.82, 2.24) is 15.5 Å². The van der Waals surface area contributed by atoms with Crippen molar-refractivity contribution in [3.63, 3.8) is 0 Å². The van der Waals surface area contributed by atoms with Crippen LogP contribution in [0.1, 0.15) is 49.5 Å². The van der Waals surface area contributed by atoms with Gasteiger partial charge >= 0.3 is 12.2 Å². The Hall–Kier alpha value is -1.38. The van der Waals surface area contributed by atoms with Gasteiger partial charge in [-0.25, -0.2) is 4.79 Å². The molecular formula is C13H17F3N4OS. The van der Waals surface area contributed by atoms with Crippen LogP contribution in [-0.4, -0.2) is 28.4 Å². The predicted octanol–water partition coefficient (Wildman–Crippen LogP) is 3.66. The van der Waals surface area contributed by atoms with Gasteiger partial charge in [-0.1, -0.05) is 17.8 Å². The predicted molar refractivity (Wildman–Crippen MR) is 75.8 cm³/mol. The summed E-state index contributed by atoms with van der Waals surface area (Å²) in [6.07, 6.45) is -0.854.